The Hall–Kier alpha value is -4.94. The summed E-state index contributed by atoms with van der Waals surface area (Å²) in [5.41, 5.74) is 0.921. The van der Waals surface area contributed by atoms with Crippen LogP contribution in [0.15, 0.2) is 67.3 Å². The molecule has 240 valence electrons. The number of pyridine rings is 1. The SMILES string of the molecule is C=CC(=O)N1CCN(c2cccc(N3C[C@H]4CC(=O)N(c5cc(C(F)(F)F)cc(C)n5)[C@@H]4C(=O)N(C)c4cccc(F)c43)c2)CC1. The summed E-state index contributed by atoms with van der Waals surface area (Å²) < 4.78 is 56.9. The van der Waals surface area contributed by atoms with Crippen LogP contribution < -0.4 is 19.6 Å². The zero-order chi connectivity index (χ0) is 32.9. The Labute approximate surface area is 263 Å². The molecule has 0 unspecified atom stereocenters. The van der Waals surface area contributed by atoms with E-state index in [2.05, 4.69) is 16.5 Å². The topological polar surface area (TPSA) is 80.3 Å². The van der Waals surface area contributed by atoms with E-state index in [1.807, 2.05) is 24.3 Å². The van der Waals surface area contributed by atoms with Gasteiger partial charge in [0.1, 0.15) is 23.4 Å². The van der Waals surface area contributed by atoms with Gasteiger partial charge in [-0.2, -0.15) is 13.2 Å². The fourth-order valence-electron chi connectivity index (χ4n) is 6.58. The number of anilines is 5. The predicted molar refractivity (Wildman–Crippen MR) is 166 cm³/mol. The molecule has 6 rings (SSSR count). The highest BCUT2D eigenvalue weighted by molar-refractivity contribution is 6.10. The summed E-state index contributed by atoms with van der Waals surface area (Å²) in [7, 11) is 1.47. The van der Waals surface area contributed by atoms with Gasteiger partial charge in [0.15, 0.2) is 0 Å². The van der Waals surface area contributed by atoms with Gasteiger partial charge >= 0.3 is 6.18 Å². The second kappa shape index (κ2) is 11.8. The first-order valence-electron chi connectivity index (χ1n) is 14.8. The van der Waals surface area contributed by atoms with Crippen LogP contribution in [0.25, 0.3) is 0 Å². The lowest BCUT2D eigenvalue weighted by Crippen LogP contribution is -2.52. The van der Waals surface area contributed by atoms with Gasteiger partial charge in [0.05, 0.1) is 11.3 Å². The van der Waals surface area contributed by atoms with Crippen LogP contribution in [0.1, 0.15) is 17.7 Å². The van der Waals surface area contributed by atoms with Crippen LogP contribution in [-0.2, 0) is 20.6 Å². The molecule has 3 amide bonds. The Morgan fingerprint density at radius 1 is 1.00 bits per heavy atom. The van der Waals surface area contributed by atoms with Crippen LogP contribution in [0.3, 0.4) is 0 Å². The number of aryl methyl sites for hydroxylation is 1. The molecule has 0 bridgehead atoms. The van der Waals surface area contributed by atoms with E-state index in [1.165, 1.54) is 37.1 Å². The Balaban J connectivity index is 1.40. The standard InChI is InChI=1S/C33H32F4N6O3/c1-4-28(44)41-13-11-40(12-14-41)23-7-5-8-24(18-23)42-19-21-16-29(45)43(27-17-22(33(35,36)37)15-20(2)38-27)30(21)32(46)39(3)26-10-6-9-25(34)31(26)42/h4-10,15,17-18,21,30H,1,11-14,16,19H2,2-3H3/t21-,30+/m1/s1. The number of benzene rings is 2. The Bertz CT molecular complexity index is 1720. The molecule has 0 saturated carbocycles. The molecule has 2 atom stereocenters. The fourth-order valence-corrected chi connectivity index (χ4v) is 6.58. The van der Waals surface area contributed by atoms with Crippen LogP contribution in [0.5, 0.6) is 0 Å². The number of carbonyl (C=O) groups is 3. The Morgan fingerprint density at radius 2 is 1.70 bits per heavy atom. The summed E-state index contributed by atoms with van der Waals surface area (Å²) in [5.74, 6) is -2.77. The molecule has 9 nitrogen and oxygen atoms in total. The van der Waals surface area contributed by atoms with Crippen molar-refractivity contribution in [3.8, 4) is 0 Å². The van der Waals surface area contributed by atoms with E-state index in [4.69, 9.17) is 0 Å². The van der Waals surface area contributed by atoms with E-state index in [1.54, 1.807) is 15.9 Å². The minimum atomic E-state index is -4.68. The molecule has 0 aliphatic carbocycles. The number of amides is 3. The minimum Gasteiger partial charge on any atom is -0.368 e. The molecular formula is C33H32F4N6O3. The second-order valence-corrected chi connectivity index (χ2v) is 11.7. The average Bonchev–Trinajstić information content (AvgIpc) is 3.36. The maximum absolute atomic E-state index is 15.8. The second-order valence-electron chi connectivity index (χ2n) is 11.7. The van der Waals surface area contributed by atoms with Crippen molar-refractivity contribution >= 4 is 46.3 Å². The monoisotopic (exact) mass is 636 g/mol. The smallest absolute Gasteiger partial charge is 0.368 e. The first-order chi connectivity index (χ1) is 21.9. The average molecular weight is 637 g/mol. The van der Waals surface area contributed by atoms with Crippen molar-refractivity contribution < 1.29 is 31.9 Å². The molecule has 3 aliphatic rings. The zero-order valence-corrected chi connectivity index (χ0v) is 25.3. The minimum absolute atomic E-state index is 0.0312. The highest BCUT2D eigenvalue weighted by Gasteiger charge is 2.49. The number of nitrogens with zero attached hydrogens (tertiary/aromatic N) is 6. The van der Waals surface area contributed by atoms with Crippen molar-refractivity contribution in [2.45, 2.75) is 25.6 Å². The van der Waals surface area contributed by atoms with E-state index in [0.717, 1.165) is 22.7 Å². The molecule has 0 radical (unpaired) electrons. The highest BCUT2D eigenvalue weighted by Crippen LogP contribution is 2.44. The number of rotatable bonds is 4. The van der Waals surface area contributed by atoms with E-state index in [0.29, 0.717) is 31.9 Å². The van der Waals surface area contributed by atoms with Gasteiger partial charge in [0, 0.05) is 69.2 Å². The molecule has 1 aromatic heterocycles. The number of hydrogen-bond acceptors (Lipinski definition) is 6. The maximum Gasteiger partial charge on any atom is 0.416 e. The van der Waals surface area contributed by atoms with Crippen LogP contribution in [0, 0.1) is 18.7 Å². The number of piperazine rings is 1. The number of alkyl halides is 3. The summed E-state index contributed by atoms with van der Waals surface area (Å²) in [4.78, 5) is 51.8. The number of halogens is 4. The fraction of sp³-hybridized carbons (Fsp3) is 0.333. The summed E-state index contributed by atoms with van der Waals surface area (Å²) in [6.07, 6.45) is -3.54. The van der Waals surface area contributed by atoms with Crippen molar-refractivity contribution in [3.05, 3.63) is 84.3 Å². The van der Waals surface area contributed by atoms with Gasteiger partial charge in [-0.25, -0.2) is 9.37 Å². The number of aromatic nitrogens is 1. The van der Waals surface area contributed by atoms with Crippen molar-refractivity contribution in [2.75, 3.05) is 59.4 Å². The first-order valence-corrected chi connectivity index (χ1v) is 14.8. The predicted octanol–water partition coefficient (Wildman–Crippen LogP) is 4.92. The quantitative estimate of drug-likeness (QED) is 0.299. The molecule has 46 heavy (non-hydrogen) atoms. The molecule has 3 aliphatic heterocycles. The van der Waals surface area contributed by atoms with Gasteiger partial charge in [0.2, 0.25) is 17.7 Å². The van der Waals surface area contributed by atoms with Crippen molar-refractivity contribution in [1.29, 1.82) is 0 Å². The van der Waals surface area contributed by atoms with E-state index >= 15 is 4.39 Å². The normalized spacial score (nSPS) is 20.3. The maximum atomic E-state index is 15.8. The Morgan fingerprint density at radius 3 is 2.39 bits per heavy atom. The number of hydrogen-bond donors (Lipinski definition) is 0. The van der Waals surface area contributed by atoms with E-state index in [9.17, 15) is 27.6 Å². The summed E-state index contributed by atoms with van der Waals surface area (Å²) in [5, 5.41) is 0. The highest BCUT2D eigenvalue weighted by atomic mass is 19.4. The molecule has 2 fully saturated rings. The number of carbonyl (C=O) groups excluding carboxylic acids is 3. The molecule has 0 N–H and O–H groups in total. The lowest BCUT2D eigenvalue weighted by atomic mass is 9.95. The lowest BCUT2D eigenvalue weighted by Gasteiger charge is -2.39. The van der Waals surface area contributed by atoms with Crippen LogP contribution in [0.4, 0.5) is 46.1 Å². The van der Waals surface area contributed by atoms with Gasteiger partial charge < -0.3 is 19.6 Å². The third kappa shape index (κ3) is 5.54. The molecule has 3 aromatic rings. The van der Waals surface area contributed by atoms with Gasteiger partial charge in [-0.1, -0.05) is 18.7 Å². The number of fused-ring (bicyclic) bond motifs is 2. The van der Waals surface area contributed by atoms with Gasteiger partial charge in [-0.15, -0.1) is 0 Å². The van der Waals surface area contributed by atoms with Crippen molar-refractivity contribution in [3.63, 3.8) is 0 Å². The van der Waals surface area contributed by atoms with Crippen LogP contribution in [0.2, 0.25) is 0 Å². The summed E-state index contributed by atoms with van der Waals surface area (Å²) in [6, 6.07) is 12.3. The number of para-hydroxylation sites is 1. The zero-order valence-electron chi connectivity index (χ0n) is 25.3. The van der Waals surface area contributed by atoms with Crippen LogP contribution in [-0.4, -0.2) is 73.4 Å². The van der Waals surface area contributed by atoms with Crippen molar-refractivity contribution in [1.82, 2.24) is 9.88 Å². The number of likely N-dealkylation sites (N-methyl/N-ethyl adjacent to an activating group) is 1. The Kier molecular flexibility index (Phi) is 7.95. The molecule has 2 saturated heterocycles. The van der Waals surface area contributed by atoms with E-state index in [-0.39, 0.29) is 41.8 Å². The van der Waals surface area contributed by atoms with Gasteiger partial charge in [-0.05, 0) is 55.5 Å². The molecule has 13 heteroatoms. The first kappa shape index (κ1) is 31.1. The largest absolute Gasteiger partial charge is 0.416 e. The van der Waals surface area contributed by atoms with Gasteiger partial charge in [-0.3, -0.25) is 19.3 Å². The molecule has 0 spiro atoms. The molecular weight excluding hydrogens is 604 g/mol. The van der Waals surface area contributed by atoms with Crippen molar-refractivity contribution in [2.24, 2.45) is 5.92 Å². The van der Waals surface area contributed by atoms with Crippen LogP contribution >= 0.6 is 0 Å². The van der Waals surface area contributed by atoms with E-state index < -0.39 is 41.3 Å². The molecule has 4 heterocycles. The summed E-state index contributed by atoms with van der Waals surface area (Å²) in [6.45, 7) is 7.14. The lowest BCUT2D eigenvalue weighted by molar-refractivity contribution is -0.137. The third-order valence-corrected chi connectivity index (χ3v) is 8.81. The summed E-state index contributed by atoms with van der Waals surface area (Å²) >= 11 is 0. The third-order valence-electron chi connectivity index (χ3n) is 8.81. The van der Waals surface area contributed by atoms with Gasteiger partial charge in [0.25, 0.3) is 0 Å². The molecule has 2 aromatic carbocycles.